The minimum atomic E-state index is -0.276. The molecule has 2 N–H and O–H groups in total. The lowest BCUT2D eigenvalue weighted by atomic mass is 9.59. The van der Waals surface area contributed by atoms with Crippen molar-refractivity contribution < 1.29 is 9.59 Å². The van der Waals surface area contributed by atoms with Crippen LogP contribution in [0.5, 0.6) is 0 Å². The first-order valence-electron chi connectivity index (χ1n) is 10.9. The Hall–Kier alpha value is -2.92. The summed E-state index contributed by atoms with van der Waals surface area (Å²) in [5.74, 6) is 0.956. The Kier molecular flexibility index (Phi) is 5.36. The summed E-state index contributed by atoms with van der Waals surface area (Å²) in [5.41, 5.74) is 5.70. The van der Waals surface area contributed by atoms with Crippen molar-refractivity contribution in [3.8, 4) is 0 Å². The molecular weight excluding hydrogens is 404 g/mol. The molecule has 1 aromatic heterocycles. The van der Waals surface area contributed by atoms with Gasteiger partial charge in [-0.15, -0.1) is 11.3 Å². The molecule has 5 heteroatoms. The number of carbonyl (C=O) groups excluding carboxylic acids is 2. The monoisotopic (exact) mass is 430 g/mol. The van der Waals surface area contributed by atoms with Crippen LogP contribution in [0.3, 0.4) is 0 Å². The summed E-state index contributed by atoms with van der Waals surface area (Å²) in [5, 5.41) is 8.06. The first kappa shape index (κ1) is 20.0. The van der Waals surface area contributed by atoms with E-state index in [1.54, 1.807) is 11.3 Å². The molecule has 2 amide bonds. The van der Waals surface area contributed by atoms with E-state index in [0.29, 0.717) is 24.3 Å². The smallest absolute Gasteiger partial charge is 0.222 e. The van der Waals surface area contributed by atoms with Gasteiger partial charge in [0.15, 0.2) is 0 Å². The van der Waals surface area contributed by atoms with E-state index in [1.807, 2.05) is 17.5 Å². The fourth-order valence-corrected chi connectivity index (χ4v) is 6.20. The minimum absolute atomic E-state index is 0.0184. The molecule has 2 aromatic carbocycles. The number of hydrogen-bond donors (Lipinski definition) is 2. The maximum atomic E-state index is 12.8. The Bertz CT molecular complexity index is 1060. The van der Waals surface area contributed by atoms with Crippen molar-refractivity contribution in [2.75, 3.05) is 6.54 Å². The van der Waals surface area contributed by atoms with Crippen LogP contribution in [-0.2, 0) is 9.59 Å². The summed E-state index contributed by atoms with van der Waals surface area (Å²) in [6.07, 6.45) is 1.31. The molecule has 0 aliphatic heterocycles. The topological polar surface area (TPSA) is 58.2 Å². The van der Waals surface area contributed by atoms with Crippen LogP contribution in [0.2, 0.25) is 0 Å². The molecule has 0 radical (unpaired) electrons. The second-order valence-electron chi connectivity index (χ2n) is 8.56. The Morgan fingerprint density at radius 1 is 0.968 bits per heavy atom. The predicted molar refractivity (Wildman–Crippen MR) is 123 cm³/mol. The molecule has 6 rings (SSSR count). The molecule has 0 spiro atoms. The van der Waals surface area contributed by atoms with Crippen LogP contribution in [-0.4, -0.2) is 18.4 Å². The van der Waals surface area contributed by atoms with Crippen LogP contribution in [0.4, 0.5) is 0 Å². The predicted octanol–water partition coefficient (Wildman–Crippen LogP) is 4.73. The molecule has 2 bridgehead atoms. The van der Waals surface area contributed by atoms with Crippen molar-refractivity contribution in [1.29, 1.82) is 0 Å². The first-order valence-corrected chi connectivity index (χ1v) is 11.7. The fraction of sp³-hybridized carbons (Fsp3) is 0.308. The average molecular weight is 431 g/mol. The molecule has 3 aromatic rings. The van der Waals surface area contributed by atoms with Gasteiger partial charge in [-0.3, -0.25) is 9.59 Å². The fourth-order valence-electron chi connectivity index (χ4n) is 5.42. The third kappa shape index (κ3) is 3.79. The van der Waals surface area contributed by atoms with Gasteiger partial charge in [-0.05, 0) is 46.0 Å². The van der Waals surface area contributed by atoms with E-state index in [2.05, 4.69) is 59.2 Å². The van der Waals surface area contributed by atoms with Crippen LogP contribution in [0, 0.1) is 5.92 Å². The van der Waals surface area contributed by atoms with Gasteiger partial charge in [-0.1, -0.05) is 54.6 Å². The first-order chi connectivity index (χ1) is 15.1. The van der Waals surface area contributed by atoms with Crippen molar-refractivity contribution in [1.82, 2.24) is 10.6 Å². The SMILES string of the molecule is CC(=O)N[C@H](CC(=O)NC[C@H]1CC2c3ccccc3C1c1ccccc12)c1cccs1. The molecule has 4 nitrogen and oxygen atoms in total. The molecule has 3 aliphatic rings. The maximum absolute atomic E-state index is 12.8. The van der Waals surface area contributed by atoms with E-state index < -0.39 is 0 Å². The number of carbonyl (C=O) groups is 2. The highest BCUT2D eigenvalue weighted by Crippen LogP contribution is 2.55. The van der Waals surface area contributed by atoms with Gasteiger partial charge < -0.3 is 10.6 Å². The van der Waals surface area contributed by atoms with Gasteiger partial charge in [0.05, 0.1) is 12.5 Å². The van der Waals surface area contributed by atoms with Gasteiger partial charge in [-0.2, -0.15) is 0 Å². The van der Waals surface area contributed by atoms with Crippen molar-refractivity contribution in [3.63, 3.8) is 0 Å². The number of hydrogen-bond acceptors (Lipinski definition) is 3. The van der Waals surface area contributed by atoms with Gasteiger partial charge in [0.1, 0.15) is 0 Å². The number of fused-ring (bicyclic) bond motifs is 1. The molecule has 0 saturated carbocycles. The summed E-state index contributed by atoms with van der Waals surface area (Å²) < 4.78 is 0. The molecule has 0 fully saturated rings. The van der Waals surface area contributed by atoms with Gasteiger partial charge in [0.25, 0.3) is 0 Å². The average Bonchev–Trinajstić information content (AvgIpc) is 3.32. The Balaban J connectivity index is 1.31. The third-order valence-corrected chi connectivity index (χ3v) is 7.62. The summed E-state index contributed by atoms with van der Waals surface area (Å²) in [4.78, 5) is 25.4. The Morgan fingerprint density at radius 2 is 1.61 bits per heavy atom. The van der Waals surface area contributed by atoms with Crippen LogP contribution >= 0.6 is 11.3 Å². The lowest BCUT2D eigenvalue weighted by molar-refractivity contribution is -0.123. The number of benzene rings is 2. The Labute approximate surface area is 186 Å². The highest BCUT2D eigenvalue weighted by molar-refractivity contribution is 7.10. The van der Waals surface area contributed by atoms with E-state index in [4.69, 9.17) is 0 Å². The zero-order chi connectivity index (χ0) is 21.4. The third-order valence-electron chi connectivity index (χ3n) is 6.64. The van der Waals surface area contributed by atoms with E-state index >= 15 is 0 Å². The molecule has 31 heavy (non-hydrogen) atoms. The number of rotatable bonds is 6. The standard InChI is InChI=1S/C26H26N2O2S/c1-16(29)28-23(24-11-6-12-31-24)14-25(30)27-15-17-13-22-18-7-2-4-9-20(18)26(17)21-10-5-3-8-19(21)22/h2-12,17,22-23,26H,13-15H2,1H3,(H,27,30)(H,28,29)/t17-,22?,23-,26?/m1/s1. The quantitative estimate of drug-likeness (QED) is 0.594. The van der Waals surface area contributed by atoms with Crippen LogP contribution in [0.15, 0.2) is 66.0 Å². The Morgan fingerprint density at radius 3 is 2.19 bits per heavy atom. The largest absolute Gasteiger partial charge is 0.356 e. The van der Waals surface area contributed by atoms with E-state index in [0.717, 1.165) is 11.3 Å². The lowest BCUT2D eigenvalue weighted by Crippen LogP contribution is -2.40. The highest BCUT2D eigenvalue weighted by Gasteiger charge is 2.42. The second kappa shape index (κ2) is 8.31. The van der Waals surface area contributed by atoms with Crippen molar-refractivity contribution in [2.45, 2.75) is 37.6 Å². The zero-order valence-electron chi connectivity index (χ0n) is 17.5. The van der Waals surface area contributed by atoms with Crippen molar-refractivity contribution in [2.24, 2.45) is 5.92 Å². The van der Waals surface area contributed by atoms with E-state index in [-0.39, 0.29) is 24.3 Å². The van der Waals surface area contributed by atoms with Gasteiger partial charge >= 0.3 is 0 Å². The normalized spacial score (nSPS) is 21.6. The number of thiophene rings is 1. The van der Waals surface area contributed by atoms with Crippen LogP contribution in [0.1, 0.15) is 64.8 Å². The van der Waals surface area contributed by atoms with E-state index in [1.165, 1.54) is 29.2 Å². The van der Waals surface area contributed by atoms with Crippen molar-refractivity contribution >= 4 is 23.2 Å². The van der Waals surface area contributed by atoms with Crippen LogP contribution < -0.4 is 10.6 Å². The van der Waals surface area contributed by atoms with Gasteiger partial charge in [0, 0.05) is 30.2 Å². The summed E-state index contributed by atoms with van der Waals surface area (Å²) in [7, 11) is 0. The van der Waals surface area contributed by atoms with Crippen molar-refractivity contribution in [3.05, 3.63) is 93.2 Å². The minimum Gasteiger partial charge on any atom is -0.356 e. The summed E-state index contributed by atoms with van der Waals surface area (Å²) in [6, 6.07) is 21.2. The molecule has 0 unspecified atom stereocenters. The van der Waals surface area contributed by atoms with Gasteiger partial charge in [0.2, 0.25) is 11.8 Å². The summed E-state index contributed by atoms with van der Waals surface area (Å²) >= 11 is 1.56. The molecule has 2 atom stereocenters. The zero-order valence-corrected chi connectivity index (χ0v) is 18.3. The maximum Gasteiger partial charge on any atom is 0.222 e. The molecule has 3 aliphatic carbocycles. The molecule has 1 heterocycles. The van der Waals surface area contributed by atoms with E-state index in [9.17, 15) is 9.59 Å². The summed E-state index contributed by atoms with van der Waals surface area (Å²) in [6.45, 7) is 2.14. The second-order valence-corrected chi connectivity index (χ2v) is 9.54. The lowest BCUT2D eigenvalue weighted by Gasteiger charge is -2.45. The van der Waals surface area contributed by atoms with Gasteiger partial charge in [-0.25, -0.2) is 0 Å². The molecule has 158 valence electrons. The molecule has 0 saturated heterocycles. The highest BCUT2D eigenvalue weighted by atomic mass is 32.1. The molecular formula is C26H26N2O2S. The van der Waals surface area contributed by atoms with Crippen LogP contribution in [0.25, 0.3) is 0 Å². The number of amides is 2. The number of nitrogens with one attached hydrogen (secondary N) is 2.